The van der Waals surface area contributed by atoms with Crippen LogP contribution in [-0.2, 0) is 6.42 Å². The average Bonchev–Trinajstić information content (AvgIpc) is 3.17. The minimum Gasteiger partial charge on any atom is -0.451 e. The Labute approximate surface area is 142 Å². The summed E-state index contributed by atoms with van der Waals surface area (Å²) in [5.41, 5.74) is 0.312. The third kappa shape index (κ3) is 3.68. The number of halogens is 1. The number of carbonyl (C=O) groups is 1. The van der Waals surface area contributed by atoms with Crippen molar-refractivity contribution >= 4 is 22.4 Å². The van der Waals surface area contributed by atoms with Crippen LogP contribution in [0.25, 0.3) is 11.3 Å². The van der Waals surface area contributed by atoms with Crippen LogP contribution in [0.5, 0.6) is 0 Å². The van der Waals surface area contributed by atoms with Crippen molar-refractivity contribution in [3.63, 3.8) is 0 Å². The third-order valence-electron chi connectivity index (χ3n) is 3.24. The van der Waals surface area contributed by atoms with Gasteiger partial charge in [-0.05, 0) is 30.2 Å². The van der Waals surface area contributed by atoms with Crippen molar-refractivity contribution in [3.8, 4) is 11.3 Å². The lowest BCUT2D eigenvalue weighted by atomic mass is 10.1. The molecule has 0 atom stereocenters. The Balaban J connectivity index is 1.72. The molecule has 124 valence electrons. The van der Waals surface area contributed by atoms with Crippen LogP contribution in [0.3, 0.4) is 0 Å². The standard InChI is InChI=1S/C17H16FN3O2S/c1-10(2)9-15-20-21-17(24-15)19-16(22)14-8-7-13(23-14)11-5-3-4-6-12(11)18/h3-8,10H,9H2,1-2H3,(H,19,21,22). The molecule has 0 aliphatic heterocycles. The van der Waals surface area contributed by atoms with Crippen LogP contribution < -0.4 is 5.32 Å². The van der Waals surface area contributed by atoms with Gasteiger partial charge in [0.05, 0.1) is 5.56 Å². The van der Waals surface area contributed by atoms with Crippen molar-refractivity contribution in [2.24, 2.45) is 5.92 Å². The number of anilines is 1. The fourth-order valence-electron chi connectivity index (χ4n) is 2.16. The maximum atomic E-state index is 13.8. The lowest BCUT2D eigenvalue weighted by molar-refractivity contribution is 0.0997. The zero-order valence-corrected chi connectivity index (χ0v) is 14.1. The first-order valence-corrected chi connectivity index (χ1v) is 8.33. The van der Waals surface area contributed by atoms with Gasteiger partial charge in [-0.2, -0.15) is 0 Å². The molecule has 0 fully saturated rings. The predicted molar refractivity (Wildman–Crippen MR) is 90.5 cm³/mol. The Hall–Kier alpha value is -2.54. The van der Waals surface area contributed by atoms with E-state index in [1.165, 1.54) is 23.5 Å². The Kier molecular flexibility index (Phi) is 4.71. The fourth-order valence-corrected chi connectivity index (χ4v) is 3.11. The summed E-state index contributed by atoms with van der Waals surface area (Å²) >= 11 is 1.33. The molecular formula is C17H16FN3O2S. The van der Waals surface area contributed by atoms with Crippen LogP contribution >= 0.6 is 11.3 Å². The molecule has 2 heterocycles. The van der Waals surface area contributed by atoms with Gasteiger partial charge in [0.2, 0.25) is 5.13 Å². The first-order chi connectivity index (χ1) is 11.5. The molecule has 5 nitrogen and oxygen atoms in total. The predicted octanol–water partition coefficient (Wildman–Crippen LogP) is 4.39. The van der Waals surface area contributed by atoms with E-state index in [4.69, 9.17) is 4.42 Å². The largest absolute Gasteiger partial charge is 0.451 e. The maximum absolute atomic E-state index is 13.8. The normalized spacial score (nSPS) is 11.0. The zero-order chi connectivity index (χ0) is 17.1. The number of hydrogen-bond donors (Lipinski definition) is 1. The summed E-state index contributed by atoms with van der Waals surface area (Å²) in [7, 11) is 0. The molecule has 0 saturated heterocycles. The molecule has 0 bridgehead atoms. The van der Waals surface area contributed by atoms with Crippen LogP contribution in [-0.4, -0.2) is 16.1 Å². The first-order valence-electron chi connectivity index (χ1n) is 7.51. The highest BCUT2D eigenvalue weighted by Crippen LogP contribution is 2.25. The van der Waals surface area contributed by atoms with Gasteiger partial charge in [-0.1, -0.05) is 37.3 Å². The molecule has 1 aromatic carbocycles. The molecule has 0 aliphatic carbocycles. The Morgan fingerprint density at radius 1 is 1.25 bits per heavy atom. The quantitative estimate of drug-likeness (QED) is 0.745. The van der Waals surface area contributed by atoms with E-state index >= 15 is 0 Å². The molecule has 7 heteroatoms. The minimum atomic E-state index is -0.440. The van der Waals surface area contributed by atoms with Crippen molar-refractivity contribution in [2.75, 3.05) is 5.32 Å². The van der Waals surface area contributed by atoms with Gasteiger partial charge in [0.1, 0.15) is 16.6 Å². The molecule has 3 rings (SSSR count). The van der Waals surface area contributed by atoms with Crippen LogP contribution in [0.2, 0.25) is 0 Å². The van der Waals surface area contributed by atoms with Gasteiger partial charge in [-0.25, -0.2) is 4.39 Å². The molecule has 0 aliphatic rings. The van der Waals surface area contributed by atoms with E-state index in [1.54, 1.807) is 24.3 Å². The van der Waals surface area contributed by atoms with Crippen molar-refractivity contribution in [1.82, 2.24) is 10.2 Å². The molecule has 1 amide bonds. The summed E-state index contributed by atoms with van der Waals surface area (Å²) in [4.78, 5) is 12.2. The van der Waals surface area contributed by atoms with Crippen LogP contribution in [0.4, 0.5) is 9.52 Å². The molecule has 0 saturated carbocycles. The second-order valence-corrected chi connectivity index (χ2v) is 6.76. The molecule has 3 aromatic rings. The topological polar surface area (TPSA) is 68.0 Å². The van der Waals surface area contributed by atoms with Crippen molar-refractivity contribution in [1.29, 1.82) is 0 Å². The van der Waals surface area contributed by atoms with Crippen LogP contribution in [0, 0.1) is 11.7 Å². The molecule has 0 spiro atoms. The number of carbonyl (C=O) groups excluding carboxylic acids is 1. The monoisotopic (exact) mass is 345 g/mol. The maximum Gasteiger partial charge on any atom is 0.293 e. The number of furan rings is 1. The number of nitrogens with zero attached hydrogens (tertiary/aromatic N) is 2. The van der Waals surface area contributed by atoms with E-state index in [9.17, 15) is 9.18 Å². The Bertz CT molecular complexity index is 857. The minimum absolute atomic E-state index is 0.0915. The second-order valence-electron chi connectivity index (χ2n) is 5.70. The highest BCUT2D eigenvalue weighted by molar-refractivity contribution is 7.15. The van der Waals surface area contributed by atoms with Gasteiger partial charge in [-0.3, -0.25) is 10.1 Å². The first kappa shape index (κ1) is 16.3. The van der Waals surface area contributed by atoms with Gasteiger partial charge in [0, 0.05) is 6.42 Å². The molecule has 1 N–H and O–H groups in total. The summed E-state index contributed by atoms with van der Waals surface area (Å²) in [5.74, 6) is 0.0193. The summed E-state index contributed by atoms with van der Waals surface area (Å²) < 4.78 is 19.2. The van der Waals surface area contributed by atoms with Gasteiger partial charge in [0.25, 0.3) is 5.91 Å². The zero-order valence-electron chi connectivity index (χ0n) is 13.2. The molecular weight excluding hydrogens is 329 g/mol. The second kappa shape index (κ2) is 6.92. The number of aromatic nitrogens is 2. The highest BCUT2D eigenvalue weighted by atomic mass is 32.1. The van der Waals surface area contributed by atoms with E-state index in [2.05, 4.69) is 29.4 Å². The molecule has 2 aromatic heterocycles. The smallest absolute Gasteiger partial charge is 0.293 e. The van der Waals surface area contributed by atoms with E-state index in [0.717, 1.165) is 11.4 Å². The summed E-state index contributed by atoms with van der Waals surface area (Å²) in [6.07, 6.45) is 0.811. The number of hydrogen-bond acceptors (Lipinski definition) is 5. The lowest BCUT2D eigenvalue weighted by Gasteiger charge is -2.00. The van der Waals surface area contributed by atoms with Gasteiger partial charge in [-0.15, -0.1) is 10.2 Å². The van der Waals surface area contributed by atoms with Crippen LogP contribution in [0.15, 0.2) is 40.8 Å². The van der Waals surface area contributed by atoms with Crippen molar-refractivity contribution in [3.05, 3.63) is 53.0 Å². The SMILES string of the molecule is CC(C)Cc1nnc(NC(=O)c2ccc(-c3ccccc3F)o2)s1. The van der Waals surface area contributed by atoms with Gasteiger partial charge < -0.3 is 4.42 Å². The number of nitrogens with one attached hydrogen (secondary N) is 1. The van der Waals surface area contributed by atoms with E-state index < -0.39 is 11.7 Å². The summed E-state index contributed by atoms with van der Waals surface area (Å²) in [6.45, 7) is 4.18. The molecule has 0 radical (unpaired) electrons. The van der Waals surface area contributed by atoms with Crippen LogP contribution in [0.1, 0.15) is 29.4 Å². The molecule has 24 heavy (non-hydrogen) atoms. The summed E-state index contributed by atoms with van der Waals surface area (Å²) in [5, 5.41) is 11.9. The highest BCUT2D eigenvalue weighted by Gasteiger charge is 2.16. The number of amides is 1. The Morgan fingerprint density at radius 2 is 2.04 bits per heavy atom. The van der Waals surface area contributed by atoms with E-state index in [-0.39, 0.29) is 5.76 Å². The number of rotatable bonds is 5. The van der Waals surface area contributed by atoms with Crippen molar-refractivity contribution < 1.29 is 13.6 Å². The molecule has 0 unspecified atom stereocenters. The summed E-state index contributed by atoms with van der Waals surface area (Å²) in [6, 6.07) is 9.32. The average molecular weight is 345 g/mol. The van der Waals surface area contributed by atoms with E-state index in [0.29, 0.717) is 22.4 Å². The van der Waals surface area contributed by atoms with Gasteiger partial charge in [0.15, 0.2) is 5.76 Å². The van der Waals surface area contributed by atoms with Crippen molar-refractivity contribution in [2.45, 2.75) is 20.3 Å². The van der Waals surface area contributed by atoms with E-state index in [1.807, 2.05) is 0 Å². The van der Waals surface area contributed by atoms with Gasteiger partial charge >= 0.3 is 0 Å². The fraction of sp³-hybridized carbons (Fsp3) is 0.235. The number of benzene rings is 1. The third-order valence-corrected chi connectivity index (χ3v) is 4.10. The lowest BCUT2D eigenvalue weighted by Crippen LogP contribution is -2.10. The Morgan fingerprint density at radius 3 is 2.79 bits per heavy atom.